The number of pyridine rings is 1. The first-order valence-corrected chi connectivity index (χ1v) is 7.04. The summed E-state index contributed by atoms with van der Waals surface area (Å²) in [4.78, 5) is 35.6. The highest BCUT2D eigenvalue weighted by Gasteiger charge is 2.24. The molecule has 0 fully saturated rings. The third kappa shape index (κ3) is 5.53. The van der Waals surface area contributed by atoms with Gasteiger partial charge in [0, 0.05) is 17.7 Å². The summed E-state index contributed by atoms with van der Waals surface area (Å²) in [5.41, 5.74) is -1.88. The molecule has 126 valence electrons. The maximum Gasteiger partial charge on any atom is 0.489 e. The Bertz CT molecular complexity index is 646. The molecule has 0 saturated carbocycles. The second-order valence-corrected chi connectivity index (χ2v) is 5.79. The van der Waals surface area contributed by atoms with Crippen LogP contribution in [0.4, 0.5) is 0 Å². The molecule has 1 aromatic heterocycles. The SMILES string of the molecule is CCOC(=O)c1cn(CC(=O)OC(C)(C)C)c(=O)cc1B(O)O. The minimum absolute atomic E-state index is 0.0744. The normalized spacial score (nSPS) is 11.0. The van der Waals surface area contributed by atoms with Crippen molar-refractivity contribution in [2.45, 2.75) is 39.8 Å². The predicted molar refractivity (Wildman–Crippen MR) is 82.3 cm³/mol. The van der Waals surface area contributed by atoms with Crippen LogP contribution in [0.25, 0.3) is 0 Å². The van der Waals surface area contributed by atoms with Crippen molar-refractivity contribution in [3.8, 4) is 0 Å². The van der Waals surface area contributed by atoms with Crippen LogP contribution in [0.1, 0.15) is 38.1 Å². The van der Waals surface area contributed by atoms with Gasteiger partial charge in [-0.2, -0.15) is 0 Å². The fourth-order valence-electron chi connectivity index (χ4n) is 1.82. The molecule has 0 saturated heterocycles. The number of ether oxygens (including phenoxy) is 2. The molecule has 0 spiro atoms. The first-order valence-electron chi connectivity index (χ1n) is 7.04. The lowest BCUT2D eigenvalue weighted by atomic mass is 9.77. The highest BCUT2D eigenvalue weighted by atomic mass is 16.6. The smallest absolute Gasteiger partial charge is 0.462 e. The fraction of sp³-hybridized carbons (Fsp3) is 0.500. The molecule has 23 heavy (non-hydrogen) atoms. The van der Waals surface area contributed by atoms with Gasteiger partial charge in [0.2, 0.25) is 0 Å². The van der Waals surface area contributed by atoms with Gasteiger partial charge in [-0.3, -0.25) is 9.59 Å². The molecule has 0 aliphatic heterocycles. The highest BCUT2D eigenvalue weighted by molar-refractivity contribution is 6.60. The first kappa shape index (κ1) is 18.9. The fourth-order valence-corrected chi connectivity index (χ4v) is 1.82. The first-order chi connectivity index (χ1) is 10.5. The van der Waals surface area contributed by atoms with Crippen molar-refractivity contribution in [2.24, 2.45) is 0 Å². The molecule has 0 amide bonds. The van der Waals surface area contributed by atoms with Crippen molar-refractivity contribution >= 4 is 24.5 Å². The third-order valence-corrected chi connectivity index (χ3v) is 2.65. The Labute approximate surface area is 133 Å². The molecular formula is C14H20BNO7. The molecule has 0 atom stereocenters. The average Bonchev–Trinajstić information content (AvgIpc) is 2.38. The van der Waals surface area contributed by atoms with Gasteiger partial charge >= 0.3 is 19.1 Å². The Hall–Kier alpha value is -2.13. The van der Waals surface area contributed by atoms with Crippen molar-refractivity contribution in [3.05, 3.63) is 28.2 Å². The quantitative estimate of drug-likeness (QED) is 0.529. The number of hydrogen-bond acceptors (Lipinski definition) is 7. The molecule has 0 aromatic carbocycles. The van der Waals surface area contributed by atoms with Crippen molar-refractivity contribution in [1.82, 2.24) is 4.57 Å². The molecule has 0 unspecified atom stereocenters. The maximum absolute atomic E-state index is 12.0. The summed E-state index contributed by atoms with van der Waals surface area (Å²) >= 11 is 0. The topological polar surface area (TPSA) is 115 Å². The van der Waals surface area contributed by atoms with E-state index in [0.29, 0.717) is 0 Å². The van der Waals surface area contributed by atoms with Gasteiger partial charge in [-0.1, -0.05) is 0 Å². The Morgan fingerprint density at radius 2 is 1.91 bits per heavy atom. The summed E-state index contributed by atoms with van der Waals surface area (Å²) in [7, 11) is -2.02. The zero-order valence-corrected chi connectivity index (χ0v) is 13.5. The zero-order valence-electron chi connectivity index (χ0n) is 13.5. The second kappa shape index (κ2) is 7.43. The lowest BCUT2D eigenvalue weighted by Gasteiger charge is -2.20. The Morgan fingerprint density at radius 1 is 1.30 bits per heavy atom. The van der Waals surface area contributed by atoms with E-state index in [-0.39, 0.29) is 17.6 Å². The maximum atomic E-state index is 12.0. The molecule has 8 nitrogen and oxygen atoms in total. The summed E-state index contributed by atoms with van der Waals surface area (Å²) in [5, 5.41) is 18.6. The van der Waals surface area contributed by atoms with Crippen molar-refractivity contribution < 1.29 is 29.1 Å². The van der Waals surface area contributed by atoms with Crippen LogP contribution in [-0.4, -0.2) is 45.9 Å². The van der Waals surface area contributed by atoms with Crippen LogP contribution < -0.4 is 11.0 Å². The van der Waals surface area contributed by atoms with Crippen molar-refractivity contribution in [3.63, 3.8) is 0 Å². The summed E-state index contributed by atoms with van der Waals surface area (Å²) in [5.74, 6) is -1.49. The number of hydrogen-bond donors (Lipinski definition) is 2. The van der Waals surface area contributed by atoms with Crippen LogP contribution in [0, 0.1) is 0 Å². The van der Waals surface area contributed by atoms with E-state index in [1.807, 2.05) is 0 Å². The van der Waals surface area contributed by atoms with Gasteiger partial charge in [-0.15, -0.1) is 0 Å². The highest BCUT2D eigenvalue weighted by Crippen LogP contribution is 2.07. The van der Waals surface area contributed by atoms with Gasteiger partial charge in [0.1, 0.15) is 12.1 Å². The van der Waals surface area contributed by atoms with Gasteiger partial charge in [-0.25, -0.2) is 4.79 Å². The molecule has 2 N–H and O–H groups in total. The van der Waals surface area contributed by atoms with E-state index in [0.717, 1.165) is 16.8 Å². The van der Waals surface area contributed by atoms with E-state index < -0.39 is 36.8 Å². The molecule has 1 rings (SSSR count). The summed E-state index contributed by atoms with van der Waals surface area (Å²) in [6, 6.07) is 0.876. The summed E-state index contributed by atoms with van der Waals surface area (Å²) < 4.78 is 10.9. The van der Waals surface area contributed by atoms with Crippen molar-refractivity contribution in [1.29, 1.82) is 0 Å². The Morgan fingerprint density at radius 3 is 2.39 bits per heavy atom. The number of esters is 2. The lowest BCUT2D eigenvalue weighted by Crippen LogP contribution is -2.41. The monoisotopic (exact) mass is 325 g/mol. The number of nitrogens with zero attached hydrogens (tertiary/aromatic N) is 1. The molecule has 0 aliphatic carbocycles. The van der Waals surface area contributed by atoms with Gasteiger partial charge < -0.3 is 24.1 Å². The molecule has 0 radical (unpaired) electrons. The molecule has 0 aliphatic rings. The van der Waals surface area contributed by atoms with E-state index >= 15 is 0 Å². The van der Waals surface area contributed by atoms with E-state index in [1.165, 1.54) is 0 Å². The zero-order chi connectivity index (χ0) is 17.8. The molecular weight excluding hydrogens is 305 g/mol. The van der Waals surface area contributed by atoms with Crippen LogP contribution in [-0.2, 0) is 20.8 Å². The van der Waals surface area contributed by atoms with E-state index in [2.05, 4.69) is 0 Å². The average molecular weight is 325 g/mol. The van der Waals surface area contributed by atoms with Crippen LogP contribution in [0.5, 0.6) is 0 Å². The number of rotatable bonds is 5. The van der Waals surface area contributed by atoms with Gasteiger partial charge in [0.25, 0.3) is 5.56 Å². The molecule has 9 heteroatoms. The number of aromatic nitrogens is 1. The van der Waals surface area contributed by atoms with Crippen LogP contribution in [0.2, 0.25) is 0 Å². The summed E-state index contributed by atoms with van der Waals surface area (Å²) in [6.45, 7) is 6.30. The standard InChI is InChI=1S/C14H20BNO7/c1-5-22-13(19)9-7-16(8-12(18)23-14(2,3)4)11(17)6-10(9)15(20)21/h6-7,20-21H,5,8H2,1-4H3. The molecule has 1 heterocycles. The minimum atomic E-state index is -2.02. The minimum Gasteiger partial charge on any atom is -0.462 e. The van der Waals surface area contributed by atoms with Gasteiger partial charge in [0.15, 0.2) is 0 Å². The van der Waals surface area contributed by atoms with Crippen LogP contribution >= 0.6 is 0 Å². The molecule has 0 bridgehead atoms. The van der Waals surface area contributed by atoms with Crippen LogP contribution in [0.15, 0.2) is 17.1 Å². The van der Waals surface area contributed by atoms with E-state index in [9.17, 15) is 24.4 Å². The lowest BCUT2D eigenvalue weighted by molar-refractivity contribution is -0.155. The van der Waals surface area contributed by atoms with Crippen LogP contribution in [0.3, 0.4) is 0 Å². The Kier molecular flexibility index (Phi) is 6.11. The molecule has 1 aromatic rings. The largest absolute Gasteiger partial charge is 0.489 e. The van der Waals surface area contributed by atoms with Gasteiger partial charge in [-0.05, 0) is 27.7 Å². The van der Waals surface area contributed by atoms with E-state index in [4.69, 9.17) is 9.47 Å². The second-order valence-electron chi connectivity index (χ2n) is 5.79. The summed E-state index contributed by atoms with van der Waals surface area (Å²) in [6.07, 6.45) is 1.05. The van der Waals surface area contributed by atoms with Crippen molar-refractivity contribution in [2.75, 3.05) is 6.61 Å². The third-order valence-electron chi connectivity index (χ3n) is 2.65. The number of carbonyl (C=O) groups excluding carboxylic acids is 2. The van der Waals surface area contributed by atoms with E-state index in [1.54, 1.807) is 27.7 Å². The Balaban J connectivity index is 3.19. The number of carbonyl (C=O) groups is 2. The van der Waals surface area contributed by atoms with Gasteiger partial charge in [0.05, 0.1) is 12.2 Å². The predicted octanol–water partition coefficient (Wildman–Crippen LogP) is -0.953.